The molecule has 0 unspecified atom stereocenters. The molecule has 0 amide bonds. The molecule has 0 aliphatic heterocycles. The fraction of sp³-hybridized carbons (Fsp3) is 0. The van der Waals surface area contributed by atoms with Gasteiger partial charge in [-0.1, -0.05) is 328 Å². The quantitative estimate of drug-likeness (QED) is 0.155. The predicted octanol–water partition coefficient (Wildman–Crippen LogP) is 33.9. The summed E-state index contributed by atoms with van der Waals surface area (Å²) in [6, 6.07) is 148. The number of hydrogen-bond acceptors (Lipinski definition) is 9. The second kappa shape index (κ2) is 29.2. The minimum atomic E-state index is 0.603. The molecule has 0 atom stereocenters. The topological polar surface area (TPSA) is 79.2 Å². The van der Waals surface area contributed by atoms with Crippen LogP contribution in [0.1, 0.15) is 0 Å². The number of rotatable bonds is 6. The summed E-state index contributed by atoms with van der Waals surface area (Å²) in [5, 5.41) is 34.9. The van der Waals surface area contributed by atoms with Crippen LogP contribution in [0.4, 0.5) is 0 Å². The first kappa shape index (κ1) is 73.9. The van der Waals surface area contributed by atoms with E-state index in [1.165, 1.54) is 194 Å². The van der Waals surface area contributed by atoms with Crippen LogP contribution in [-0.2, 0) is 0 Å². The Bertz CT molecular complexity index is 9990. The number of aromatic nitrogens is 8. The SMILES string of the molecule is c1ccc(-c2nc(-c3ccccc3)nc(-n3c4ccccc4c4c5c(ccc43)c3ccccc3c3c4ccccc4sc35)n2)cc1.c1ccc(-c2nc(-n3c4ccccc4c4c5c(ccc43)c3ccccc3c3c4ccccc4sc35)nc3ccccc23)cc1.c1ccc2c(c1)sc1ccc3c4cc(-n5c6ccccc6c6ccccc65)ccc4c4sc5ccccc5c4c3c12. The molecule has 0 saturated carbocycles. The minimum absolute atomic E-state index is 0.603. The molecule has 608 valence electrons. The number of nitrogens with zero attached hydrogens (tertiary/aromatic N) is 8. The molecular formula is C119H68N8S4. The number of para-hydroxylation sites is 5. The van der Waals surface area contributed by atoms with Crippen LogP contribution in [0, 0.1) is 0 Å². The van der Waals surface area contributed by atoms with Crippen molar-refractivity contribution < 1.29 is 0 Å². The molecule has 0 fully saturated rings. The maximum atomic E-state index is 5.30. The second-order valence-corrected chi connectivity index (χ2v) is 38.0. The van der Waals surface area contributed by atoms with E-state index < -0.39 is 0 Å². The smallest absolute Gasteiger partial charge is 0.238 e. The van der Waals surface area contributed by atoms with E-state index in [1.54, 1.807) is 0 Å². The van der Waals surface area contributed by atoms with Gasteiger partial charge in [-0.25, -0.2) is 15.0 Å². The molecule has 0 bridgehead atoms. The molecule has 21 aromatic carbocycles. The Kier molecular flexibility index (Phi) is 16.5. The molecule has 0 saturated heterocycles. The van der Waals surface area contributed by atoms with Crippen LogP contribution in [0.2, 0.25) is 0 Å². The Morgan fingerprint density at radius 2 is 0.519 bits per heavy atom. The zero-order chi connectivity index (χ0) is 85.6. The molecule has 9 heterocycles. The van der Waals surface area contributed by atoms with E-state index in [-0.39, 0.29) is 0 Å². The molecule has 8 nitrogen and oxygen atoms in total. The monoisotopic (exact) mass is 1740 g/mol. The Balaban J connectivity index is 0.0000000987. The van der Waals surface area contributed by atoms with Crippen LogP contribution in [0.25, 0.3) is 273 Å². The van der Waals surface area contributed by atoms with E-state index in [0.717, 1.165) is 55.4 Å². The Morgan fingerprint density at radius 3 is 1.03 bits per heavy atom. The van der Waals surface area contributed by atoms with Crippen molar-refractivity contribution in [1.82, 2.24) is 38.6 Å². The normalized spacial score (nSPS) is 12.1. The lowest BCUT2D eigenvalue weighted by Crippen LogP contribution is -2.06. The van der Waals surface area contributed by atoms with Crippen molar-refractivity contribution >= 4 is 267 Å². The van der Waals surface area contributed by atoms with Crippen LogP contribution in [0.3, 0.4) is 0 Å². The molecule has 30 rings (SSSR count). The molecule has 12 heteroatoms. The molecule has 0 N–H and O–H groups in total. The van der Waals surface area contributed by atoms with Gasteiger partial charge in [-0.15, -0.1) is 45.3 Å². The highest BCUT2D eigenvalue weighted by molar-refractivity contribution is 7.28. The van der Waals surface area contributed by atoms with E-state index in [2.05, 4.69) is 384 Å². The van der Waals surface area contributed by atoms with Gasteiger partial charge in [0.1, 0.15) is 0 Å². The van der Waals surface area contributed by atoms with Gasteiger partial charge in [0, 0.05) is 162 Å². The van der Waals surface area contributed by atoms with Gasteiger partial charge in [-0.3, -0.25) is 9.13 Å². The number of benzene rings is 21. The number of fused-ring (bicyclic) bond motifs is 40. The van der Waals surface area contributed by atoms with Crippen LogP contribution in [-0.4, -0.2) is 38.6 Å². The number of thiophene rings is 4. The molecular weight excluding hydrogens is 1670 g/mol. The van der Waals surface area contributed by atoms with E-state index in [1.807, 2.05) is 87.8 Å². The van der Waals surface area contributed by atoms with Crippen molar-refractivity contribution in [3.05, 3.63) is 413 Å². The molecule has 0 aliphatic rings. The first-order valence-electron chi connectivity index (χ1n) is 44.2. The van der Waals surface area contributed by atoms with Crippen molar-refractivity contribution in [2.45, 2.75) is 0 Å². The van der Waals surface area contributed by atoms with Gasteiger partial charge in [0.2, 0.25) is 11.9 Å². The van der Waals surface area contributed by atoms with Crippen molar-refractivity contribution in [1.29, 1.82) is 0 Å². The summed E-state index contributed by atoms with van der Waals surface area (Å²) in [7, 11) is 0. The lowest BCUT2D eigenvalue weighted by molar-refractivity contribution is 0.953. The molecule has 9 aromatic heterocycles. The summed E-state index contributed by atoms with van der Waals surface area (Å²) in [6.45, 7) is 0. The summed E-state index contributed by atoms with van der Waals surface area (Å²) in [4.78, 5) is 25.7. The van der Waals surface area contributed by atoms with Gasteiger partial charge in [-0.05, 0) is 128 Å². The molecule has 131 heavy (non-hydrogen) atoms. The van der Waals surface area contributed by atoms with Gasteiger partial charge in [-0.2, -0.15) is 9.97 Å². The van der Waals surface area contributed by atoms with Gasteiger partial charge in [0.15, 0.2) is 11.6 Å². The first-order valence-corrected chi connectivity index (χ1v) is 47.5. The van der Waals surface area contributed by atoms with Gasteiger partial charge in [0.25, 0.3) is 0 Å². The van der Waals surface area contributed by atoms with E-state index in [4.69, 9.17) is 24.9 Å². The highest BCUT2D eigenvalue weighted by Crippen LogP contribution is 2.54. The minimum Gasteiger partial charge on any atom is -0.309 e. The highest BCUT2D eigenvalue weighted by atomic mass is 32.1. The fourth-order valence-corrected chi connectivity index (χ4v) is 26.2. The maximum Gasteiger partial charge on any atom is 0.238 e. The summed E-state index contributed by atoms with van der Waals surface area (Å²) >= 11 is 7.61. The second-order valence-electron chi connectivity index (χ2n) is 33.8. The number of hydrogen-bond donors (Lipinski definition) is 0. The standard InChI is InChI=1S/C41H24N4S.C40H23N3S.C38H21NS2/c1-3-13-25(14-4-1)39-42-40(26-15-5-2-6-16-26)44-41(43-39)45-32-21-11-9-19-30(32)36-33(45)24-23-29-27-17-7-8-18-28(27)35-31-20-10-12-22-34(31)46-38(35)37(29)36;1-2-12-24(13-3-1)38-28-16-6-9-19-31(28)41-40(42-38)43-32-20-10-7-17-29(32)36-33(43)23-22-27-25-14-4-5-15-26(25)35-30-18-8-11-21-34(30)44-39(35)37(27)36;1-5-13-30-23(9-1)24-10-2-6-14-31(24)39(30)22-17-18-26-29(21-22)25-19-20-34-35(27-11-3-7-15-32(27)40-34)36(25)37-28-12-4-8-16-33(28)41-38(26)37/h1-24H;1-23H;1-21H. The van der Waals surface area contributed by atoms with Gasteiger partial charge in [0.05, 0.1) is 44.3 Å². The average molecular weight is 1740 g/mol. The molecule has 0 aliphatic carbocycles. The summed E-state index contributed by atoms with van der Waals surface area (Å²) < 4.78 is 17.6. The van der Waals surface area contributed by atoms with Crippen molar-refractivity contribution in [3.8, 4) is 51.6 Å². The largest absolute Gasteiger partial charge is 0.309 e. The van der Waals surface area contributed by atoms with Crippen molar-refractivity contribution in [3.63, 3.8) is 0 Å². The van der Waals surface area contributed by atoms with E-state index in [9.17, 15) is 0 Å². The molecule has 0 radical (unpaired) electrons. The Hall–Kier alpha value is -16.2. The zero-order valence-electron chi connectivity index (χ0n) is 70.0. The Labute approximate surface area is 763 Å². The fourth-order valence-electron chi connectivity index (χ4n) is 21.3. The molecule has 30 aromatic rings. The summed E-state index contributed by atoms with van der Waals surface area (Å²) in [5.74, 6) is 2.58. The van der Waals surface area contributed by atoms with Crippen LogP contribution >= 0.6 is 45.3 Å². The van der Waals surface area contributed by atoms with Gasteiger partial charge < -0.3 is 4.57 Å². The summed E-state index contributed by atoms with van der Waals surface area (Å²) in [5.41, 5.74) is 12.9. The average Bonchev–Trinajstić information content (AvgIpc) is 1.53. The maximum absolute atomic E-state index is 5.30. The highest BCUT2D eigenvalue weighted by Gasteiger charge is 2.28. The van der Waals surface area contributed by atoms with Crippen LogP contribution in [0.5, 0.6) is 0 Å². The third kappa shape index (κ3) is 11.2. The lowest BCUT2D eigenvalue weighted by atomic mass is 9.93. The van der Waals surface area contributed by atoms with Crippen LogP contribution in [0.15, 0.2) is 413 Å². The van der Waals surface area contributed by atoms with E-state index >= 15 is 0 Å². The third-order valence-electron chi connectivity index (χ3n) is 26.8. The predicted molar refractivity (Wildman–Crippen MR) is 562 cm³/mol. The van der Waals surface area contributed by atoms with Crippen molar-refractivity contribution in [2.75, 3.05) is 0 Å². The third-order valence-corrected chi connectivity index (χ3v) is 31.5. The molecule has 0 spiro atoms. The van der Waals surface area contributed by atoms with E-state index in [0.29, 0.717) is 23.5 Å². The van der Waals surface area contributed by atoms with Crippen LogP contribution < -0.4 is 0 Å². The zero-order valence-corrected chi connectivity index (χ0v) is 73.2. The Morgan fingerprint density at radius 1 is 0.168 bits per heavy atom. The lowest BCUT2D eigenvalue weighted by Gasteiger charge is -2.13. The van der Waals surface area contributed by atoms with Crippen molar-refractivity contribution in [2.24, 2.45) is 0 Å². The summed E-state index contributed by atoms with van der Waals surface area (Å²) in [6.07, 6.45) is 0. The first-order chi connectivity index (χ1) is 65.0. The van der Waals surface area contributed by atoms with Gasteiger partial charge >= 0.3 is 0 Å².